The lowest BCUT2D eigenvalue weighted by atomic mass is 10.2. The van der Waals surface area contributed by atoms with Crippen molar-refractivity contribution in [2.45, 2.75) is 11.3 Å². The van der Waals surface area contributed by atoms with Crippen LogP contribution in [0.4, 0.5) is 19.0 Å². The second kappa shape index (κ2) is 4.31. The molecule has 4 N–H and O–H groups in total. The van der Waals surface area contributed by atoms with E-state index in [1.165, 1.54) is 6.07 Å². The summed E-state index contributed by atoms with van der Waals surface area (Å²) in [6.45, 7) is 0. The van der Waals surface area contributed by atoms with E-state index in [4.69, 9.17) is 11.0 Å². The predicted molar refractivity (Wildman–Crippen MR) is 51.4 cm³/mol. The van der Waals surface area contributed by atoms with Gasteiger partial charge in [-0.05, 0) is 0 Å². The normalized spacial score (nSPS) is 11.9. The van der Waals surface area contributed by atoms with Gasteiger partial charge in [0.25, 0.3) is 0 Å². The fourth-order valence-electron chi connectivity index (χ4n) is 1.02. The van der Waals surface area contributed by atoms with Crippen molar-refractivity contribution in [2.24, 2.45) is 5.14 Å². The van der Waals surface area contributed by atoms with Crippen LogP contribution in [0, 0.1) is 11.3 Å². The highest BCUT2D eigenvalue weighted by atomic mass is 32.2. The van der Waals surface area contributed by atoms with Crippen LogP contribution in [-0.4, -0.2) is 19.8 Å². The molecule has 0 amide bonds. The van der Waals surface area contributed by atoms with E-state index in [0.29, 0.717) is 6.20 Å². The van der Waals surface area contributed by atoms with E-state index in [2.05, 4.69) is 14.9 Å². The number of nitriles is 1. The van der Waals surface area contributed by atoms with Crippen molar-refractivity contribution < 1.29 is 26.3 Å². The van der Waals surface area contributed by atoms with Crippen molar-refractivity contribution in [3.05, 3.63) is 11.8 Å². The van der Waals surface area contributed by atoms with Gasteiger partial charge in [-0.1, -0.05) is 0 Å². The summed E-state index contributed by atoms with van der Waals surface area (Å²) >= 11 is 0. The number of nitrogens with zero attached hydrogens (tertiary/aromatic N) is 2. The third kappa shape index (κ3) is 2.99. The molecule has 0 aromatic carbocycles. The van der Waals surface area contributed by atoms with Crippen LogP contribution in [0.1, 0.15) is 5.56 Å². The summed E-state index contributed by atoms with van der Waals surface area (Å²) in [6, 6.07) is 1.27. The van der Waals surface area contributed by atoms with E-state index in [1.54, 1.807) is 0 Å². The van der Waals surface area contributed by atoms with E-state index < -0.39 is 38.4 Å². The minimum Gasteiger partial charge on any atom is -0.403 e. The Hall–Kier alpha value is -2.06. The largest absolute Gasteiger partial charge is 0.573 e. The fraction of sp³-hybridized carbons (Fsp3) is 0.143. The maximum atomic E-state index is 12.1. The van der Waals surface area contributed by atoms with E-state index in [1.807, 2.05) is 0 Å². The SMILES string of the molecule is N#Cc1c(N)ncc(S(N)(=O)=O)c1OC(F)(F)F. The molecule has 0 fully saturated rings. The Morgan fingerprint density at radius 2 is 2.00 bits per heavy atom. The summed E-state index contributed by atoms with van der Waals surface area (Å²) in [6.07, 6.45) is -4.73. The summed E-state index contributed by atoms with van der Waals surface area (Å²) in [5.41, 5.74) is 4.28. The lowest BCUT2D eigenvalue weighted by Crippen LogP contribution is -2.22. The van der Waals surface area contributed by atoms with Crippen LogP contribution in [0.25, 0.3) is 0 Å². The van der Waals surface area contributed by atoms with Crippen molar-refractivity contribution in [2.75, 3.05) is 5.73 Å². The quantitative estimate of drug-likeness (QED) is 0.789. The number of ether oxygens (including phenoxy) is 1. The number of pyridine rings is 1. The zero-order valence-corrected chi connectivity index (χ0v) is 9.21. The van der Waals surface area contributed by atoms with E-state index in [-0.39, 0.29) is 0 Å². The van der Waals surface area contributed by atoms with Gasteiger partial charge in [0.2, 0.25) is 10.0 Å². The smallest absolute Gasteiger partial charge is 0.403 e. The molecule has 1 aromatic heterocycles. The molecule has 0 aliphatic rings. The molecule has 0 saturated carbocycles. The van der Waals surface area contributed by atoms with Crippen LogP contribution in [0.2, 0.25) is 0 Å². The van der Waals surface area contributed by atoms with Crippen molar-refractivity contribution in [3.8, 4) is 11.8 Å². The molecule has 98 valence electrons. The van der Waals surface area contributed by atoms with Gasteiger partial charge in [-0.25, -0.2) is 18.5 Å². The Morgan fingerprint density at radius 1 is 1.44 bits per heavy atom. The lowest BCUT2D eigenvalue weighted by Gasteiger charge is -2.13. The summed E-state index contributed by atoms with van der Waals surface area (Å²) in [5.74, 6) is -1.90. The zero-order valence-electron chi connectivity index (χ0n) is 8.39. The number of hydrogen-bond donors (Lipinski definition) is 2. The van der Waals surface area contributed by atoms with Crippen molar-refractivity contribution in [3.63, 3.8) is 0 Å². The van der Waals surface area contributed by atoms with E-state index >= 15 is 0 Å². The molecule has 1 heterocycles. The van der Waals surface area contributed by atoms with Gasteiger partial charge in [-0.15, -0.1) is 13.2 Å². The summed E-state index contributed by atoms with van der Waals surface area (Å²) in [7, 11) is -4.55. The standard InChI is InChI=1S/C7H5F3N4O3S/c8-7(9,10)17-5-3(1-11)6(12)14-2-4(5)18(13,15)16/h2H,(H2,12,14)(H2,13,15,16). The number of hydrogen-bond acceptors (Lipinski definition) is 6. The van der Waals surface area contributed by atoms with Crippen LogP contribution in [0.5, 0.6) is 5.75 Å². The molecule has 7 nitrogen and oxygen atoms in total. The molecule has 0 unspecified atom stereocenters. The minimum absolute atomic E-state index is 0.479. The van der Waals surface area contributed by atoms with Crippen molar-refractivity contribution >= 4 is 15.8 Å². The first kappa shape index (κ1) is 14.0. The van der Waals surface area contributed by atoms with E-state index in [0.717, 1.165) is 0 Å². The first-order valence-corrected chi connectivity index (χ1v) is 5.58. The Balaban J connectivity index is 3.62. The van der Waals surface area contributed by atoms with Crippen molar-refractivity contribution in [1.82, 2.24) is 4.98 Å². The number of primary sulfonamides is 1. The number of nitrogens with two attached hydrogens (primary N) is 2. The van der Waals surface area contributed by atoms with Crippen LogP contribution in [-0.2, 0) is 10.0 Å². The molecule has 0 aliphatic heterocycles. The summed E-state index contributed by atoms with van der Waals surface area (Å²) < 4.78 is 62.0. The number of alkyl halides is 3. The molecule has 18 heavy (non-hydrogen) atoms. The van der Waals surface area contributed by atoms with E-state index in [9.17, 15) is 21.6 Å². The van der Waals surface area contributed by atoms with Gasteiger partial charge in [0.15, 0.2) is 5.75 Å². The van der Waals surface area contributed by atoms with Crippen molar-refractivity contribution in [1.29, 1.82) is 5.26 Å². The Bertz CT molecular complexity index is 620. The molecule has 11 heteroatoms. The Labute approximate surface area is 98.8 Å². The molecule has 0 aliphatic carbocycles. The highest BCUT2D eigenvalue weighted by molar-refractivity contribution is 7.89. The topological polar surface area (TPSA) is 132 Å². The average Bonchev–Trinajstić information content (AvgIpc) is 2.13. The molecule has 1 aromatic rings. The number of halogens is 3. The fourth-order valence-corrected chi connectivity index (χ4v) is 1.62. The molecule has 0 spiro atoms. The first-order chi connectivity index (χ1) is 8.06. The molecule has 0 bridgehead atoms. The molecule has 0 radical (unpaired) electrons. The second-order valence-electron chi connectivity index (χ2n) is 2.92. The monoisotopic (exact) mass is 282 g/mol. The number of rotatable bonds is 2. The summed E-state index contributed by atoms with van der Waals surface area (Å²) in [5, 5.41) is 13.3. The molecule has 0 atom stereocenters. The zero-order chi connectivity index (χ0) is 14.1. The molecular weight excluding hydrogens is 277 g/mol. The van der Waals surface area contributed by atoms with Gasteiger partial charge in [0.1, 0.15) is 22.3 Å². The lowest BCUT2D eigenvalue weighted by molar-refractivity contribution is -0.275. The summed E-state index contributed by atoms with van der Waals surface area (Å²) in [4.78, 5) is 2.18. The average molecular weight is 282 g/mol. The highest BCUT2D eigenvalue weighted by Crippen LogP contribution is 2.33. The van der Waals surface area contributed by atoms with Gasteiger partial charge in [0.05, 0.1) is 6.20 Å². The van der Waals surface area contributed by atoms with Gasteiger partial charge >= 0.3 is 6.36 Å². The van der Waals surface area contributed by atoms with Crippen LogP contribution in [0.15, 0.2) is 11.1 Å². The van der Waals surface area contributed by atoms with Crippen LogP contribution < -0.4 is 15.6 Å². The predicted octanol–water partition coefficient (Wildman–Crippen LogP) is 0.0815. The second-order valence-corrected chi connectivity index (χ2v) is 4.45. The van der Waals surface area contributed by atoms with Crippen LogP contribution in [0.3, 0.4) is 0 Å². The van der Waals surface area contributed by atoms with Gasteiger partial charge in [0, 0.05) is 0 Å². The van der Waals surface area contributed by atoms with Gasteiger partial charge < -0.3 is 10.5 Å². The number of sulfonamides is 1. The maximum absolute atomic E-state index is 12.1. The Morgan fingerprint density at radius 3 is 2.39 bits per heavy atom. The maximum Gasteiger partial charge on any atom is 0.573 e. The third-order valence-electron chi connectivity index (χ3n) is 1.66. The van der Waals surface area contributed by atoms with Gasteiger partial charge in [-0.2, -0.15) is 5.26 Å². The highest BCUT2D eigenvalue weighted by Gasteiger charge is 2.36. The number of nitrogen functional groups attached to an aromatic ring is 1. The molecular formula is C7H5F3N4O3S. The first-order valence-electron chi connectivity index (χ1n) is 4.03. The third-order valence-corrected chi connectivity index (χ3v) is 2.57. The van der Waals surface area contributed by atoms with Crippen LogP contribution >= 0.6 is 0 Å². The molecule has 1 rings (SSSR count). The minimum atomic E-state index is -5.21. The number of anilines is 1. The molecule has 0 saturated heterocycles. The van der Waals surface area contributed by atoms with Gasteiger partial charge in [-0.3, -0.25) is 0 Å². The Kier molecular flexibility index (Phi) is 3.36. The number of aromatic nitrogens is 1.